The minimum absolute atomic E-state index is 0.0870. The Hall–Kier alpha value is -0.840. The maximum Gasteiger partial charge on any atom is 0.122 e. The standard InChI is InChI=1S/C13H23N3O/c1-10-4-5-12(17-10)13(11(2)14)16-8-6-15(3)7-9-16/h4-5,11,13H,6-9,14H2,1-3H3. The molecule has 0 aromatic carbocycles. The van der Waals surface area contributed by atoms with Crippen molar-refractivity contribution < 1.29 is 4.42 Å². The van der Waals surface area contributed by atoms with Crippen LogP contribution in [0.5, 0.6) is 0 Å². The zero-order valence-corrected chi connectivity index (χ0v) is 11.0. The fourth-order valence-electron chi connectivity index (χ4n) is 2.48. The van der Waals surface area contributed by atoms with Crippen LogP contribution in [-0.4, -0.2) is 49.1 Å². The van der Waals surface area contributed by atoms with E-state index in [1.54, 1.807) is 0 Å². The van der Waals surface area contributed by atoms with Crippen molar-refractivity contribution in [2.75, 3.05) is 33.2 Å². The second kappa shape index (κ2) is 5.21. The van der Waals surface area contributed by atoms with Crippen LogP contribution in [0.15, 0.2) is 16.5 Å². The predicted octanol–water partition coefficient (Wildman–Crippen LogP) is 1.22. The second-order valence-electron chi connectivity index (χ2n) is 5.09. The number of likely N-dealkylation sites (N-methyl/N-ethyl adjacent to an activating group) is 1. The molecular formula is C13H23N3O. The Kier molecular flexibility index (Phi) is 3.86. The van der Waals surface area contributed by atoms with E-state index >= 15 is 0 Å². The summed E-state index contributed by atoms with van der Waals surface area (Å²) >= 11 is 0. The van der Waals surface area contributed by atoms with Gasteiger partial charge in [0.2, 0.25) is 0 Å². The van der Waals surface area contributed by atoms with Crippen molar-refractivity contribution in [2.45, 2.75) is 25.9 Å². The average molecular weight is 237 g/mol. The minimum atomic E-state index is 0.0870. The lowest BCUT2D eigenvalue weighted by atomic mass is 10.1. The van der Waals surface area contributed by atoms with Gasteiger partial charge in [-0.1, -0.05) is 0 Å². The third-order valence-electron chi connectivity index (χ3n) is 3.48. The van der Waals surface area contributed by atoms with Crippen molar-refractivity contribution in [3.8, 4) is 0 Å². The fraction of sp³-hybridized carbons (Fsp3) is 0.692. The first-order chi connectivity index (χ1) is 8.08. The highest BCUT2D eigenvalue weighted by atomic mass is 16.3. The van der Waals surface area contributed by atoms with Crippen LogP contribution in [0.1, 0.15) is 24.5 Å². The van der Waals surface area contributed by atoms with E-state index in [1.165, 1.54) is 0 Å². The lowest BCUT2D eigenvalue weighted by Crippen LogP contribution is -2.49. The molecule has 0 bridgehead atoms. The van der Waals surface area contributed by atoms with Gasteiger partial charge in [0.05, 0.1) is 6.04 Å². The first kappa shape index (κ1) is 12.6. The highest BCUT2D eigenvalue weighted by Gasteiger charge is 2.28. The summed E-state index contributed by atoms with van der Waals surface area (Å²) in [4.78, 5) is 4.78. The number of nitrogens with zero attached hydrogens (tertiary/aromatic N) is 2. The zero-order chi connectivity index (χ0) is 12.4. The third-order valence-corrected chi connectivity index (χ3v) is 3.48. The molecule has 1 saturated heterocycles. The van der Waals surface area contributed by atoms with Gasteiger partial charge in [0.1, 0.15) is 11.5 Å². The smallest absolute Gasteiger partial charge is 0.122 e. The molecule has 1 aromatic rings. The number of nitrogens with two attached hydrogens (primary N) is 1. The molecule has 1 aromatic heterocycles. The van der Waals surface area contributed by atoms with E-state index < -0.39 is 0 Å². The average Bonchev–Trinajstić information content (AvgIpc) is 2.68. The van der Waals surface area contributed by atoms with Crippen molar-refractivity contribution in [3.05, 3.63) is 23.7 Å². The Balaban J connectivity index is 2.12. The van der Waals surface area contributed by atoms with Crippen molar-refractivity contribution >= 4 is 0 Å². The summed E-state index contributed by atoms with van der Waals surface area (Å²) in [5.74, 6) is 1.96. The summed E-state index contributed by atoms with van der Waals surface area (Å²) in [5, 5.41) is 0. The minimum Gasteiger partial charge on any atom is -0.465 e. The van der Waals surface area contributed by atoms with Crippen LogP contribution in [0.25, 0.3) is 0 Å². The van der Waals surface area contributed by atoms with Gasteiger partial charge in [-0.05, 0) is 33.0 Å². The van der Waals surface area contributed by atoms with Gasteiger partial charge in [-0.25, -0.2) is 0 Å². The monoisotopic (exact) mass is 237 g/mol. The fourth-order valence-corrected chi connectivity index (χ4v) is 2.48. The molecular weight excluding hydrogens is 214 g/mol. The van der Waals surface area contributed by atoms with Gasteiger partial charge in [-0.3, -0.25) is 4.90 Å². The Morgan fingerprint density at radius 2 is 1.88 bits per heavy atom. The molecule has 1 fully saturated rings. The molecule has 0 saturated carbocycles. The third kappa shape index (κ3) is 2.89. The lowest BCUT2D eigenvalue weighted by Gasteiger charge is -2.38. The normalized spacial score (nSPS) is 22.6. The maximum atomic E-state index is 6.13. The first-order valence-corrected chi connectivity index (χ1v) is 6.32. The quantitative estimate of drug-likeness (QED) is 0.858. The molecule has 2 N–H and O–H groups in total. The van der Waals surface area contributed by atoms with Gasteiger partial charge in [0, 0.05) is 32.2 Å². The van der Waals surface area contributed by atoms with Crippen molar-refractivity contribution in [3.63, 3.8) is 0 Å². The Bertz CT molecular complexity index is 353. The van der Waals surface area contributed by atoms with Crippen molar-refractivity contribution in [2.24, 2.45) is 5.73 Å². The van der Waals surface area contributed by atoms with Gasteiger partial charge in [0.15, 0.2) is 0 Å². The lowest BCUT2D eigenvalue weighted by molar-refractivity contribution is 0.0888. The number of rotatable bonds is 3. The largest absolute Gasteiger partial charge is 0.465 e. The molecule has 1 aliphatic heterocycles. The van der Waals surface area contributed by atoms with Crippen LogP contribution in [-0.2, 0) is 0 Å². The van der Waals surface area contributed by atoms with Gasteiger partial charge in [-0.2, -0.15) is 0 Å². The van der Waals surface area contributed by atoms with E-state index in [0.717, 1.165) is 37.7 Å². The number of piperazine rings is 1. The molecule has 0 amide bonds. The Morgan fingerprint density at radius 3 is 2.35 bits per heavy atom. The van der Waals surface area contributed by atoms with Crippen molar-refractivity contribution in [1.29, 1.82) is 0 Å². The topological polar surface area (TPSA) is 45.6 Å². The summed E-state index contributed by atoms with van der Waals surface area (Å²) in [6.45, 7) is 8.35. The molecule has 96 valence electrons. The SMILES string of the molecule is Cc1ccc(C(C(C)N)N2CCN(C)CC2)o1. The van der Waals surface area contributed by atoms with Crippen LogP contribution >= 0.6 is 0 Å². The molecule has 4 heteroatoms. The molecule has 2 unspecified atom stereocenters. The highest BCUT2D eigenvalue weighted by Crippen LogP contribution is 2.26. The number of hydrogen-bond acceptors (Lipinski definition) is 4. The van der Waals surface area contributed by atoms with Gasteiger partial charge < -0.3 is 15.1 Å². The van der Waals surface area contributed by atoms with Crippen LogP contribution in [0.3, 0.4) is 0 Å². The number of hydrogen-bond donors (Lipinski definition) is 1. The molecule has 0 spiro atoms. The number of aryl methyl sites for hydroxylation is 1. The Labute approximate surface area is 103 Å². The van der Waals surface area contributed by atoms with E-state index in [-0.39, 0.29) is 12.1 Å². The van der Waals surface area contributed by atoms with Crippen LogP contribution in [0.4, 0.5) is 0 Å². The van der Waals surface area contributed by atoms with E-state index in [9.17, 15) is 0 Å². The zero-order valence-electron chi connectivity index (χ0n) is 11.0. The summed E-state index contributed by atoms with van der Waals surface area (Å²) < 4.78 is 5.75. The molecule has 4 nitrogen and oxygen atoms in total. The predicted molar refractivity (Wildman–Crippen MR) is 68.9 cm³/mol. The number of furan rings is 1. The first-order valence-electron chi connectivity index (χ1n) is 6.32. The molecule has 0 radical (unpaired) electrons. The second-order valence-corrected chi connectivity index (χ2v) is 5.09. The molecule has 2 heterocycles. The highest BCUT2D eigenvalue weighted by molar-refractivity contribution is 5.12. The van der Waals surface area contributed by atoms with E-state index in [2.05, 4.69) is 29.8 Å². The van der Waals surface area contributed by atoms with Gasteiger partial charge >= 0.3 is 0 Å². The van der Waals surface area contributed by atoms with Crippen LogP contribution in [0, 0.1) is 6.92 Å². The molecule has 2 atom stereocenters. The summed E-state index contributed by atoms with van der Waals surface area (Å²) in [6, 6.07) is 4.36. The van der Waals surface area contributed by atoms with Gasteiger partial charge in [0.25, 0.3) is 0 Å². The van der Waals surface area contributed by atoms with E-state index in [1.807, 2.05) is 13.0 Å². The van der Waals surface area contributed by atoms with Crippen LogP contribution in [0.2, 0.25) is 0 Å². The summed E-state index contributed by atoms with van der Waals surface area (Å²) in [7, 11) is 2.16. The summed E-state index contributed by atoms with van der Waals surface area (Å²) in [6.07, 6.45) is 0. The molecule has 0 aliphatic carbocycles. The maximum absolute atomic E-state index is 6.13. The molecule has 2 rings (SSSR count). The Morgan fingerprint density at radius 1 is 1.24 bits per heavy atom. The summed E-state index contributed by atoms with van der Waals surface area (Å²) in [5.41, 5.74) is 6.13. The van der Waals surface area contributed by atoms with Gasteiger partial charge in [-0.15, -0.1) is 0 Å². The van der Waals surface area contributed by atoms with Crippen molar-refractivity contribution in [1.82, 2.24) is 9.80 Å². The van der Waals surface area contributed by atoms with E-state index in [0.29, 0.717) is 0 Å². The molecule has 1 aliphatic rings. The van der Waals surface area contributed by atoms with E-state index in [4.69, 9.17) is 10.2 Å². The molecule has 17 heavy (non-hydrogen) atoms. The van der Waals surface area contributed by atoms with Crippen LogP contribution < -0.4 is 5.73 Å².